The van der Waals surface area contributed by atoms with E-state index in [4.69, 9.17) is 0 Å². The van der Waals surface area contributed by atoms with Crippen LogP contribution in [-0.4, -0.2) is 29.9 Å². The molecule has 0 amide bonds. The van der Waals surface area contributed by atoms with Crippen molar-refractivity contribution >= 4 is 0 Å². The van der Waals surface area contributed by atoms with Crippen LogP contribution in [0.1, 0.15) is 0 Å². The molecule has 0 radical (unpaired) electrons. The minimum Gasteiger partial charge on any atom is -0.246 e. The van der Waals surface area contributed by atoms with Gasteiger partial charge in [-0.05, 0) is 0 Å². The van der Waals surface area contributed by atoms with Crippen LogP contribution in [0.3, 0.4) is 0 Å². The zero-order chi connectivity index (χ0) is 7.68. The molecule has 0 bridgehead atoms. The van der Waals surface area contributed by atoms with Crippen molar-refractivity contribution < 1.29 is 0 Å². The van der Waals surface area contributed by atoms with Crippen LogP contribution >= 0.6 is 0 Å². The molecule has 0 saturated heterocycles. The summed E-state index contributed by atoms with van der Waals surface area (Å²) < 4.78 is 1.22. The first-order valence-electron chi connectivity index (χ1n) is 2.85. The van der Waals surface area contributed by atoms with Crippen molar-refractivity contribution in [3.63, 3.8) is 0 Å². The van der Waals surface area contributed by atoms with E-state index in [9.17, 15) is 4.79 Å². The molecule has 0 atom stereocenters. The summed E-state index contributed by atoms with van der Waals surface area (Å²) in [4.78, 5) is 14.6. The molecule has 0 aliphatic carbocycles. The summed E-state index contributed by atoms with van der Waals surface area (Å²) in [6, 6.07) is 0. The maximum atomic E-state index is 10.9. The van der Waals surface area contributed by atoms with Crippen LogP contribution in [0.15, 0.2) is 17.4 Å². The maximum absolute atomic E-state index is 10.9. The van der Waals surface area contributed by atoms with Crippen molar-refractivity contribution in [2.45, 2.75) is 0 Å². The van der Waals surface area contributed by atoms with Crippen molar-refractivity contribution in [1.29, 1.82) is 0 Å². The Labute approximate surface area is 60.1 Å². The van der Waals surface area contributed by atoms with E-state index in [0.717, 1.165) is 0 Å². The Balaban J connectivity index is 2.62. The van der Waals surface area contributed by atoms with E-state index >= 15 is 0 Å². The standard InChI is InChI=1S/C4H4N6O/c11-4-9-7-2-10(4)3-5-1-6-8-3/h1-2H,(H,9,11)(H,5,6,8). The number of hydrogen-bond donors (Lipinski definition) is 2. The molecule has 2 heterocycles. The molecular weight excluding hydrogens is 148 g/mol. The average molecular weight is 152 g/mol. The van der Waals surface area contributed by atoms with Crippen LogP contribution in [0.4, 0.5) is 0 Å². The molecule has 2 aromatic heterocycles. The van der Waals surface area contributed by atoms with E-state index < -0.39 is 0 Å². The molecule has 0 aromatic carbocycles. The second-order valence-electron chi connectivity index (χ2n) is 1.84. The van der Waals surface area contributed by atoms with E-state index in [2.05, 4.69) is 25.4 Å². The van der Waals surface area contributed by atoms with Gasteiger partial charge in [-0.3, -0.25) is 0 Å². The number of hydrogen-bond acceptors (Lipinski definition) is 4. The topological polar surface area (TPSA) is 92.2 Å². The Morgan fingerprint density at radius 2 is 2.27 bits per heavy atom. The number of aromatic nitrogens is 6. The smallest absolute Gasteiger partial charge is 0.246 e. The van der Waals surface area contributed by atoms with E-state index in [0.29, 0.717) is 5.95 Å². The van der Waals surface area contributed by atoms with Gasteiger partial charge in [-0.15, -0.1) is 0 Å². The molecule has 2 rings (SSSR count). The molecule has 0 unspecified atom stereocenters. The van der Waals surface area contributed by atoms with Gasteiger partial charge in [0.05, 0.1) is 0 Å². The molecular formula is C4H4N6O. The Kier molecular flexibility index (Phi) is 1.08. The Morgan fingerprint density at radius 3 is 2.82 bits per heavy atom. The lowest BCUT2D eigenvalue weighted by molar-refractivity contribution is 0.893. The predicted molar refractivity (Wildman–Crippen MR) is 34.1 cm³/mol. The normalized spacial score (nSPS) is 10.2. The van der Waals surface area contributed by atoms with Crippen LogP contribution in [0, 0.1) is 0 Å². The monoisotopic (exact) mass is 152 g/mol. The van der Waals surface area contributed by atoms with E-state index in [-0.39, 0.29) is 5.69 Å². The third kappa shape index (κ3) is 0.820. The maximum Gasteiger partial charge on any atom is 0.350 e. The third-order valence-corrected chi connectivity index (χ3v) is 1.18. The fraction of sp³-hybridized carbons (Fsp3) is 0. The molecule has 7 heteroatoms. The fourth-order valence-corrected chi connectivity index (χ4v) is 0.714. The number of nitrogens with one attached hydrogen (secondary N) is 2. The quantitative estimate of drug-likeness (QED) is 0.530. The average Bonchev–Trinajstić information content (AvgIpc) is 2.55. The minimum atomic E-state index is -0.346. The number of aromatic amines is 2. The Morgan fingerprint density at radius 1 is 1.36 bits per heavy atom. The lowest BCUT2D eigenvalue weighted by Crippen LogP contribution is -2.15. The van der Waals surface area contributed by atoms with Gasteiger partial charge in [0, 0.05) is 0 Å². The second-order valence-corrected chi connectivity index (χ2v) is 1.84. The van der Waals surface area contributed by atoms with Crippen LogP contribution < -0.4 is 5.69 Å². The van der Waals surface area contributed by atoms with Crippen LogP contribution in [0.25, 0.3) is 5.95 Å². The summed E-state index contributed by atoms with van der Waals surface area (Å²) >= 11 is 0. The van der Waals surface area contributed by atoms with Crippen LogP contribution in [0.5, 0.6) is 0 Å². The van der Waals surface area contributed by atoms with E-state index in [1.807, 2.05) is 0 Å². The largest absolute Gasteiger partial charge is 0.350 e. The zero-order valence-corrected chi connectivity index (χ0v) is 5.35. The van der Waals surface area contributed by atoms with Gasteiger partial charge in [0.25, 0.3) is 0 Å². The molecule has 56 valence electrons. The van der Waals surface area contributed by atoms with Crippen molar-refractivity contribution in [2.75, 3.05) is 0 Å². The Hall–Kier alpha value is -1.92. The van der Waals surface area contributed by atoms with Crippen molar-refractivity contribution in [3.8, 4) is 5.95 Å². The van der Waals surface area contributed by atoms with Gasteiger partial charge in [-0.25, -0.2) is 19.6 Å². The molecule has 0 aliphatic rings. The van der Waals surface area contributed by atoms with Gasteiger partial charge >= 0.3 is 5.69 Å². The van der Waals surface area contributed by atoms with Crippen LogP contribution in [-0.2, 0) is 0 Å². The molecule has 0 fully saturated rings. The molecule has 0 spiro atoms. The first kappa shape index (κ1) is 5.83. The molecule has 11 heavy (non-hydrogen) atoms. The highest BCUT2D eigenvalue weighted by Crippen LogP contribution is 1.88. The molecule has 2 N–H and O–H groups in total. The summed E-state index contributed by atoms with van der Waals surface area (Å²) in [5.74, 6) is 0.351. The second kappa shape index (κ2) is 2.04. The van der Waals surface area contributed by atoms with Crippen molar-refractivity contribution in [1.82, 2.24) is 29.9 Å². The van der Waals surface area contributed by atoms with Gasteiger partial charge < -0.3 is 0 Å². The van der Waals surface area contributed by atoms with Crippen LogP contribution in [0.2, 0.25) is 0 Å². The summed E-state index contributed by atoms with van der Waals surface area (Å²) in [6.07, 6.45) is 2.64. The third-order valence-electron chi connectivity index (χ3n) is 1.18. The van der Waals surface area contributed by atoms with E-state index in [1.165, 1.54) is 17.2 Å². The zero-order valence-electron chi connectivity index (χ0n) is 5.35. The SMILES string of the molecule is O=c1[nH]ncn1-c1ncn[nH]1. The highest BCUT2D eigenvalue weighted by atomic mass is 16.1. The summed E-state index contributed by atoms with van der Waals surface area (Å²) in [5.41, 5.74) is -0.346. The van der Waals surface area contributed by atoms with Gasteiger partial charge in [-0.2, -0.15) is 15.2 Å². The fourth-order valence-electron chi connectivity index (χ4n) is 0.714. The lowest BCUT2D eigenvalue weighted by Gasteiger charge is -1.87. The Bertz CT molecular complexity index is 383. The summed E-state index contributed by atoms with van der Waals surface area (Å²) in [5, 5.41) is 11.8. The number of nitrogens with zero attached hydrogens (tertiary/aromatic N) is 4. The minimum absolute atomic E-state index is 0.346. The van der Waals surface area contributed by atoms with Crippen molar-refractivity contribution in [2.24, 2.45) is 0 Å². The predicted octanol–water partition coefficient (Wildman–Crippen LogP) is -1.32. The summed E-state index contributed by atoms with van der Waals surface area (Å²) in [6.45, 7) is 0. The molecule has 0 aliphatic heterocycles. The van der Waals surface area contributed by atoms with Crippen molar-refractivity contribution in [3.05, 3.63) is 23.1 Å². The highest BCUT2D eigenvalue weighted by Gasteiger charge is 2.01. The van der Waals surface area contributed by atoms with E-state index in [1.54, 1.807) is 0 Å². The first-order valence-corrected chi connectivity index (χ1v) is 2.85. The number of rotatable bonds is 1. The molecule has 2 aromatic rings. The molecule has 0 saturated carbocycles. The van der Waals surface area contributed by atoms with Gasteiger partial charge in [0.1, 0.15) is 12.7 Å². The summed E-state index contributed by atoms with van der Waals surface area (Å²) in [7, 11) is 0. The number of H-pyrrole nitrogens is 2. The highest BCUT2D eigenvalue weighted by molar-refractivity contribution is 5.03. The van der Waals surface area contributed by atoms with Gasteiger partial charge in [0.15, 0.2) is 0 Å². The lowest BCUT2D eigenvalue weighted by atomic mass is 10.9. The van der Waals surface area contributed by atoms with Gasteiger partial charge in [0.2, 0.25) is 5.95 Å². The molecule has 7 nitrogen and oxygen atoms in total. The van der Waals surface area contributed by atoms with Gasteiger partial charge in [-0.1, -0.05) is 0 Å². The first-order chi connectivity index (χ1) is 5.38.